The van der Waals surface area contributed by atoms with E-state index in [1.165, 1.54) is 0 Å². The summed E-state index contributed by atoms with van der Waals surface area (Å²) in [5.41, 5.74) is 1.66. The zero-order valence-electron chi connectivity index (χ0n) is 10.1. The molecule has 0 saturated carbocycles. The van der Waals surface area contributed by atoms with E-state index in [4.69, 9.17) is 19.5 Å². The van der Waals surface area contributed by atoms with Crippen molar-refractivity contribution in [2.45, 2.75) is 6.61 Å². The summed E-state index contributed by atoms with van der Waals surface area (Å²) in [7, 11) is 0. The van der Waals surface area contributed by atoms with E-state index in [0.29, 0.717) is 17.9 Å². The lowest BCUT2D eigenvalue weighted by atomic mass is 10.1. The minimum atomic E-state index is 0.258. The second-order valence-corrected chi connectivity index (χ2v) is 4.11. The first-order chi connectivity index (χ1) is 9.35. The van der Waals surface area contributed by atoms with Crippen LogP contribution in [0.3, 0.4) is 0 Å². The Hall–Kier alpha value is -2.67. The lowest BCUT2D eigenvalue weighted by molar-refractivity contribution is 0.173. The molecule has 0 aliphatic carbocycles. The molecule has 19 heavy (non-hydrogen) atoms. The van der Waals surface area contributed by atoms with Gasteiger partial charge < -0.3 is 14.2 Å². The quantitative estimate of drug-likeness (QED) is 0.844. The molecule has 0 saturated heterocycles. The molecule has 0 bridgehead atoms. The topological polar surface area (TPSA) is 51.5 Å². The highest BCUT2D eigenvalue weighted by Gasteiger charge is 2.13. The fraction of sp³-hybridized carbons (Fsp3) is 0.133. The number of nitrogens with zero attached hydrogens (tertiary/aromatic N) is 1. The normalized spacial score (nSPS) is 11.9. The first-order valence-electron chi connectivity index (χ1n) is 5.86. The van der Waals surface area contributed by atoms with Gasteiger partial charge in [-0.2, -0.15) is 5.26 Å². The van der Waals surface area contributed by atoms with Crippen LogP contribution in [0.4, 0.5) is 0 Å². The standard InChI is InChI=1S/C15H11NO3/c16-8-11-1-3-12(4-2-11)9-17-13-5-6-14-15(7-13)19-10-18-14/h1-7H,9-10H2. The van der Waals surface area contributed by atoms with E-state index in [0.717, 1.165) is 17.1 Å². The summed E-state index contributed by atoms with van der Waals surface area (Å²) in [6.07, 6.45) is 0. The minimum Gasteiger partial charge on any atom is -0.489 e. The summed E-state index contributed by atoms with van der Waals surface area (Å²) in [5.74, 6) is 2.18. The minimum absolute atomic E-state index is 0.258. The van der Waals surface area contributed by atoms with Crippen molar-refractivity contribution in [3.05, 3.63) is 53.6 Å². The Kier molecular flexibility index (Phi) is 2.95. The van der Waals surface area contributed by atoms with Gasteiger partial charge in [0.15, 0.2) is 11.5 Å². The Bertz CT molecular complexity index is 629. The molecule has 0 aromatic heterocycles. The van der Waals surface area contributed by atoms with Crippen molar-refractivity contribution in [2.75, 3.05) is 6.79 Å². The molecule has 0 N–H and O–H groups in total. The van der Waals surface area contributed by atoms with Gasteiger partial charge in [-0.25, -0.2) is 0 Å². The van der Waals surface area contributed by atoms with Crippen LogP contribution < -0.4 is 14.2 Å². The first kappa shape index (κ1) is 11.4. The lowest BCUT2D eigenvalue weighted by Crippen LogP contribution is -1.95. The molecule has 2 aromatic rings. The van der Waals surface area contributed by atoms with Crippen LogP contribution in [-0.2, 0) is 6.61 Å². The smallest absolute Gasteiger partial charge is 0.231 e. The van der Waals surface area contributed by atoms with E-state index in [1.807, 2.05) is 30.3 Å². The zero-order chi connectivity index (χ0) is 13.1. The number of ether oxygens (including phenoxy) is 3. The number of fused-ring (bicyclic) bond motifs is 1. The van der Waals surface area contributed by atoms with Gasteiger partial charge in [0, 0.05) is 6.07 Å². The molecule has 94 valence electrons. The highest BCUT2D eigenvalue weighted by atomic mass is 16.7. The summed E-state index contributed by atoms with van der Waals surface area (Å²) in [4.78, 5) is 0. The first-order valence-corrected chi connectivity index (χ1v) is 5.86. The monoisotopic (exact) mass is 253 g/mol. The van der Waals surface area contributed by atoms with Crippen LogP contribution in [-0.4, -0.2) is 6.79 Å². The van der Waals surface area contributed by atoms with E-state index in [2.05, 4.69) is 6.07 Å². The summed E-state index contributed by atoms with van der Waals surface area (Å²) in [6.45, 7) is 0.708. The average Bonchev–Trinajstić information content (AvgIpc) is 2.93. The molecule has 0 fully saturated rings. The summed E-state index contributed by atoms with van der Waals surface area (Å²) < 4.78 is 16.2. The second-order valence-electron chi connectivity index (χ2n) is 4.11. The highest BCUT2D eigenvalue weighted by molar-refractivity contribution is 5.46. The maximum Gasteiger partial charge on any atom is 0.231 e. The molecule has 4 nitrogen and oxygen atoms in total. The van der Waals surface area contributed by atoms with E-state index in [-0.39, 0.29) is 6.79 Å². The third kappa shape index (κ3) is 2.45. The summed E-state index contributed by atoms with van der Waals surface area (Å²) in [6, 6.07) is 14.9. The largest absolute Gasteiger partial charge is 0.489 e. The third-order valence-electron chi connectivity index (χ3n) is 2.83. The number of nitriles is 1. The molecular formula is C15H11NO3. The number of rotatable bonds is 3. The Morgan fingerprint density at radius 3 is 2.63 bits per heavy atom. The third-order valence-corrected chi connectivity index (χ3v) is 2.83. The molecule has 1 aliphatic rings. The van der Waals surface area contributed by atoms with Gasteiger partial charge in [0.2, 0.25) is 6.79 Å². The van der Waals surface area contributed by atoms with Crippen LogP contribution >= 0.6 is 0 Å². The maximum atomic E-state index is 8.72. The van der Waals surface area contributed by atoms with Gasteiger partial charge in [-0.1, -0.05) is 12.1 Å². The van der Waals surface area contributed by atoms with Crippen molar-refractivity contribution in [1.29, 1.82) is 5.26 Å². The Balaban J connectivity index is 1.67. The molecule has 1 aliphatic heterocycles. The average molecular weight is 253 g/mol. The van der Waals surface area contributed by atoms with Crippen molar-refractivity contribution in [2.24, 2.45) is 0 Å². The van der Waals surface area contributed by atoms with Gasteiger partial charge in [-0.05, 0) is 29.8 Å². The van der Waals surface area contributed by atoms with Gasteiger partial charge in [0.25, 0.3) is 0 Å². The van der Waals surface area contributed by atoms with E-state index >= 15 is 0 Å². The van der Waals surface area contributed by atoms with E-state index in [1.54, 1.807) is 12.1 Å². The van der Waals surface area contributed by atoms with Gasteiger partial charge in [0.1, 0.15) is 12.4 Å². The van der Waals surface area contributed by atoms with Crippen LogP contribution in [0.15, 0.2) is 42.5 Å². The van der Waals surface area contributed by atoms with Gasteiger partial charge in [0.05, 0.1) is 11.6 Å². The van der Waals surface area contributed by atoms with Crippen LogP contribution in [0.2, 0.25) is 0 Å². The van der Waals surface area contributed by atoms with Crippen LogP contribution in [0, 0.1) is 11.3 Å². The molecule has 3 rings (SSSR count). The molecule has 0 radical (unpaired) electrons. The summed E-state index contributed by atoms with van der Waals surface area (Å²) in [5, 5.41) is 8.72. The number of hydrogen-bond acceptors (Lipinski definition) is 4. The Morgan fingerprint density at radius 2 is 1.84 bits per heavy atom. The predicted octanol–water partition coefficient (Wildman–Crippen LogP) is 2.87. The maximum absolute atomic E-state index is 8.72. The van der Waals surface area contributed by atoms with E-state index in [9.17, 15) is 0 Å². The van der Waals surface area contributed by atoms with Gasteiger partial charge in [-0.15, -0.1) is 0 Å². The van der Waals surface area contributed by atoms with Crippen molar-refractivity contribution in [3.63, 3.8) is 0 Å². The zero-order valence-corrected chi connectivity index (χ0v) is 10.1. The molecular weight excluding hydrogens is 242 g/mol. The fourth-order valence-corrected chi connectivity index (χ4v) is 1.81. The molecule has 0 spiro atoms. The Morgan fingerprint density at radius 1 is 1.05 bits per heavy atom. The molecule has 1 heterocycles. The number of benzene rings is 2. The highest BCUT2D eigenvalue weighted by Crippen LogP contribution is 2.35. The van der Waals surface area contributed by atoms with E-state index < -0.39 is 0 Å². The van der Waals surface area contributed by atoms with Crippen molar-refractivity contribution in [3.8, 4) is 23.3 Å². The Labute approximate surface area is 110 Å². The van der Waals surface area contributed by atoms with Crippen LogP contribution in [0.1, 0.15) is 11.1 Å². The molecule has 0 atom stereocenters. The second kappa shape index (κ2) is 4.91. The molecule has 4 heteroatoms. The van der Waals surface area contributed by atoms with Crippen molar-refractivity contribution in [1.82, 2.24) is 0 Å². The van der Waals surface area contributed by atoms with Crippen LogP contribution in [0.5, 0.6) is 17.2 Å². The molecule has 0 amide bonds. The predicted molar refractivity (Wildman–Crippen MR) is 68.1 cm³/mol. The lowest BCUT2D eigenvalue weighted by Gasteiger charge is -2.07. The SMILES string of the molecule is N#Cc1ccc(COc2ccc3c(c2)OCO3)cc1. The fourth-order valence-electron chi connectivity index (χ4n) is 1.81. The molecule has 0 unspecified atom stereocenters. The molecule has 2 aromatic carbocycles. The van der Waals surface area contributed by atoms with Crippen LogP contribution in [0.25, 0.3) is 0 Å². The summed E-state index contributed by atoms with van der Waals surface area (Å²) >= 11 is 0. The van der Waals surface area contributed by atoms with Gasteiger partial charge in [-0.3, -0.25) is 0 Å². The number of hydrogen-bond donors (Lipinski definition) is 0. The van der Waals surface area contributed by atoms with Crippen molar-refractivity contribution >= 4 is 0 Å². The van der Waals surface area contributed by atoms with Gasteiger partial charge >= 0.3 is 0 Å². The van der Waals surface area contributed by atoms with Crippen molar-refractivity contribution < 1.29 is 14.2 Å².